The van der Waals surface area contributed by atoms with E-state index in [1.807, 2.05) is 0 Å². The van der Waals surface area contributed by atoms with Crippen molar-refractivity contribution in [2.24, 2.45) is 0 Å². The summed E-state index contributed by atoms with van der Waals surface area (Å²) in [5, 5.41) is 0. The van der Waals surface area contributed by atoms with Gasteiger partial charge in [-0.3, -0.25) is 4.79 Å². The zero-order valence-corrected chi connectivity index (χ0v) is 9.57. The van der Waals surface area contributed by atoms with Gasteiger partial charge in [-0.2, -0.15) is 0 Å². The third-order valence-electron chi connectivity index (χ3n) is 2.78. The predicted molar refractivity (Wildman–Crippen MR) is 59.4 cm³/mol. The maximum Gasteiger partial charge on any atom is 0.328 e. The molecule has 0 aromatic rings. The maximum atomic E-state index is 11.8. The summed E-state index contributed by atoms with van der Waals surface area (Å²) in [6.07, 6.45) is 8.43. The summed E-state index contributed by atoms with van der Waals surface area (Å²) < 4.78 is 4.70. The Balaban J connectivity index is 2.63. The zero-order valence-electron chi connectivity index (χ0n) is 9.57. The van der Waals surface area contributed by atoms with Crippen LogP contribution in [0.4, 0.5) is 0 Å². The molecule has 0 bridgehead atoms. The molecule has 1 aliphatic heterocycles. The van der Waals surface area contributed by atoms with Gasteiger partial charge in [0.25, 0.3) is 0 Å². The monoisotopic (exact) mass is 223 g/mol. The molecule has 16 heavy (non-hydrogen) atoms. The largest absolute Gasteiger partial charge is 0.467 e. The summed E-state index contributed by atoms with van der Waals surface area (Å²) in [5.41, 5.74) is 0. The number of terminal acetylenes is 1. The predicted octanol–water partition coefficient (Wildman–Crippen LogP) is 0.954. The van der Waals surface area contributed by atoms with Crippen LogP contribution in [-0.4, -0.2) is 36.5 Å². The molecule has 0 aliphatic carbocycles. The molecule has 0 N–H and O–H groups in total. The number of hydrogen-bond acceptors (Lipinski definition) is 3. The van der Waals surface area contributed by atoms with Crippen molar-refractivity contribution in [3.05, 3.63) is 0 Å². The number of esters is 1. The summed E-state index contributed by atoms with van der Waals surface area (Å²) in [4.78, 5) is 24.9. The van der Waals surface area contributed by atoms with Gasteiger partial charge in [0.1, 0.15) is 6.04 Å². The Morgan fingerprint density at radius 2 is 2.25 bits per heavy atom. The van der Waals surface area contributed by atoms with Gasteiger partial charge < -0.3 is 9.64 Å². The van der Waals surface area contributed by atoms with Gasteiger partial charge in [-0.1, -0.05) is 0 Å². The molecule has 1 atom stereocenters. The molecule has 0 aromatic heterocycles. The van der Waals surface area contributed by atoms with E-state index in [1.54, 1.807) is 4.90 Å². The minimum Gasteiger partial charge on any atom is -0.467 e. The van der Waals surface area contributed by atoms with Gasteiger partial charge in [-0.05, 0) is 19.3 Å². The second kappa shape index (κ2) is 6.16. The average Bonchev–Trinajstić information content (AvgIpc) is 2.35. The highest BCUT2D eigenvalue weighted by Gasteiger charge is 2.32. The van der Waals surface area contributed by atoms with Crippen LogP contribution in [0.15, 0.2) is 0 Å². The number of amides is 1. The van der Waals surface area contributed by atoms with E-state index in [4.69, 9.17) is 11.2 Å². The third kappa shape index (κ3) is 2.99. The van der Waals surface area contributed by atoms with Crippen LogP contribution in [0.1, 0.15) is 32.1 Å². The first-order valence-electron chi connectivity index (χ1n) is 5.51. The summed E-state index contributed by atoms with van der Waals surface area (Å²) in [6, 6.07) is -0.413. The molecule has 0 aromatic carbocycles. The maximum absolute atomic E-state index is 11.8. The van der Waals surface area contributed by atoms with Crippen LogP contribution in [0.2, 0.25) is 0 Å². The van der Waals surface area contributed by atoms with Gasteiger partial charge in [-0.15, -0.1) is 12.3 Å². The first-order valence-corrected chi connectivity index (χ1v) is 5.51. The lowest BCUT2D eigenvalue weighted by molar-refractivity contribution is -0.154. The topological polar surface area (TPSA) is 46.6 Å². The van der Waals surface area contributed by atoms with E-state index in [9.17, 15) is 9.59 Å². The van der Waals surface area contributed by atoms with Gasteiger partial charge in [0, 0.05) is 19.4 Å². The molecule has 1 unspecified atom stereocenters. The smallest absolute Gasteiger partial charge is 0.328 e. The van der Waals surface area contributed by atoms with Crippen LogP contribution >= 0.6 is 0 Å². The molecule has 1 rings (SSSR count). The number of likely N-dealkylation sites (tertiary alicyclic amines) is 1. The lowest BCUT2D eigenvalue weighted by Gasteiger charge is -2.33. The van der Waals surface area contributed by atoms with E-state index >= 15 is 0 Å². The van der Waals surface area contributed by atoms with E-state index < -0.39 is 6.04 Å². The molecule has 4 nitrogen and oxygen atoms in total. The minimum atomic E-state index is -0.413. The molecular formula is C12H17NO3. The van der Waals surface area contributed by atoms with Crippen LogP contribution in [0.5, 0.6) is 0 Å². The lowest BCUT2D eigenvalue weighted by Crippen LogP contribution is -2.48. The van der Waals surface area contributed by atoms with Crippen LogP contribution in [0.25, 0.3) is 0 Å². The van der Waals surface area contributed by atoms with Crippen molar-refractivity contribution in [2.75, 3.05) is 13.7 Å². The fraction of sp³-hybridized carbons (Fsp3) is 0.667. The number of methoxy groups -OCH3 is 1. The standard InChI is InChI=1S/C12H17NO3/c1-3-4-8-11(14)13-9-6-5-7-10(13)12(15)16-2/h1,10H,4-9H2,2H3. The molecule has 0 saturated carbocycles. The van der Waals surface area contributed by atoms with Crippen molar-refractivity contribution in [3.63, 3.8) is 0 Å². The number of rotatable bonds is 3. The molecule has 0 radical (unpaired) electrons. The van der Waals surface area contributed by atoms with Crippen LogP contribution < -0.4 is 0 Å². The van der Waals surface area contributed by atoms with Crippen molar-refractivity contribution >= 4 is 11.9 Å². The first-order chi connectivity index (χ1) is 7.70. The highest BCUT2D eigenvalue weighted by atomic mass is 16.5. The first kappa shape index (κ1) is 12.6. The highest BCUT2D eigenvalue weighted by Crippen LogP contribution is 2.19. The normalized spacial score (nSPS) is 20.0. The van der Waals surface area contributed by atoms with Crippen molar-refractivity contribution in [1.29, 1.82) is 0 Å². The Morgan fingerprint density at radius 3 is 2.88 bits per heavy atom. The molecule has 1 heterocycles. The summed E-state index contributed by atoms with van der Waals surface area (Å²) in [7, 11) is 1.35. The number of nitrogens with zero attached hydrogens (tertiary/aromatic N) is 1. The molecular weight excluding hydrogens is 206 g/mol. The van der Waals surface area contributed by atoms with Crippen LogP contribution in [0, 0.1) is 12.3 Å². The summed E-state index contributed by atoms with van der Waals surface area (Å²) in [5.74, 6) is 2.06. The zero-order chi connectivity index (χ0) is 12.0. The third-order valence-corrected chi connectivity index (χ3v) is 2.78. The van der Waals surface area contributed by atoms with Crippen LogP contribution in [0.3, 0.4) is 0 Å². The Hall–Kier alpha value is -1.50. The van der Waals surface area contributed by atoms with Gasteiger partial charge in [0.2, 0.25) is 5.91 Å². The number of carbonyl (C=O) groups is 2. The van der Waals surface area contributed by atoms with E-state index in [-0.39, 0.29) is 11.9 Å². The van der Waals surface area contributed by atoms with E-state index in [0.29, 0.717) is 25.8 Å². The summed E-state index contributed by atoms with van der Waals surface area (Å²) in [6.45, 7) is 0.628. The van der Waals surface area contributed by atoms with Crippen LogP contribution in [-0.2, 0) is 14.3 Å². The highest BCUT2D eigenvalue weighted by molar-refractivity contribution is 5.84. The van der Waals surface area contributed by atoms with Gasteiger partial charge in [0.05, 0.1) is 7.11 Å². The fourth-order valence-electron chi connectivity index (χ4n) is 1.93. The van der Waals surface area contributed by atoms with Crippen molar-refractivity contribution in [3.8, 4) is 12.3 Å². The lowest BCUT2D eigenvalue weighted by atomic mass is 10.0. The Bertz CT molecular complexity index is 306. The molecule has 1 fully saturated rings. The second-order valence-electron chi connectivity index (χ2n) is 3.83. The molecule has 1 aliphatic rings. The number of hydrogen-bond donors (Lipinski definition) is 0. The number of ether oxygens (including phenoxy) is 1. The number of piperidine rings is 1. The SMILES string of the molecule is C#CCCC(=O)N1CCCCC1C(=O)OC. The Kier molecular flexibility index (Phi) is 4.84. The van der Waals surface area contributed by atoms with Crippen molar-refractivity contribution in [2.45, 2.75) is 38.1 Å². The van der Waals surface area contributed by atoms with Crippen molar-refractivity contribution in [1.82, 2.24) is 4.90 Å². The molecule has 88 valence electrons. The van der Waals surface area contributed by atoms with Crippen molar-refractivity contribution < 1.29 is 14.3 Å². The molecule has 4 heteroatoms. The van der Waals surface area contributed by atoms with E-state index in [1.165, 1.54) is 7.11 Å². The van der Waals surface area contributed by atoms with Gasteiger partial charge >= 0.3 is 5.97 Å². The van der Waals surface area contributed by atoms with Gasteiger partial charge in [0.15, 0.2) is 0 Å². The minimum absolute atomic E-state index is 0.0481. The van der Waals surface area contributed by atoms with E-state index in [2.05, 4.69) is 5.92 Å². The van der Waals surface area contributed by atoms with E-state index in [0.717, 1.165) is 12.8 Å². The number of carbonyl (C=O) groups excluding carboxylic acids is 2. The molecule has 1 amide bonds. The fourth-order valence-corrected chi connectivity index (χ4v) is 1.93. The Labute approximate surface area is 95.9 Å². The second-order valence-corrected chi connectivity index (χ2v) is 3.83. The molecule has 1 saturated heterocycles. The molecule has 0 spiro atoms. The Morgan fingerprint density at radius 1 is 1.50 bits per heavy atom. The summed E-state index contributed by atoms with van der Waals surface area (Å²) >= 11 is 0. The quantitative estimate of drug-likeness (QED) is 0.528. The average molecular weight is 223 g/mol. The van der Waals surface area contributed by atoms with Gasteiger partial charge in [-0.25, -0.2) is 4.79 Å².